The van der Waals surface area contributed by atoms with Gasteiger partial charge in [0.1, 0.15) is 5.01 Å². The van der Waals surface area contributed by atoms with Gasteiger partial charge in [0.2, 0.25) is 6.41 Å². The average Bonchev–Trinajstić information content (AvgIpc) is 3.54. The Kier molecular flexibility index (Phi) is 16.7. The van der Waals surface area contributed by atoms with Crippen LogP contribution >= 0.6 is 11.3 Å². The Balaban J connectivity index is 0.000000472. The molecule has 0 saturated heterocycles. The molecule has 0 atom stereocenters. The van der Waals surface area contributed by atoms with Gasteiger partial charge in [-0.2, -0.15) is 0 Å². The summed E-state index contributed by atoms with van der Waals surface area (Å²) in [5.74, 6) is -0.131. The van der Waals surface area contributed by atoms with E-state index < -0.39 is 0 Å². The summed E-state index contributed by atoms with van der Waals surface area (Å²) < 4.78 is 5.58. The first-order valence-corrected chi connectivity index (χ1v) is 15.2. The molecule has 2 heterocycles. The van der Waals surface area contributed by atoms with E-state index in [2.05, 4.69) is 44.6 Å². The van der Waals surface area contributed by atoms with Crippen LogP contribution in [0.2, 0.25) is 0 Å². The third-order valence-corrected chi connectivity index (χ3v) is 7.63. The van der Waals surface area contributed by atoms with Crippen molar-refractivity contribution in [2.45, 2.75) is 87.0 Å². The molecule has 1 aliphatic rings. The Morgan fingerprint density at radius 1 is 1.25 bits per heavy atom. The highest BCUT2D eigenvalue weighted by atomic mass is 32.1. The second-order valence-corrected chi connectivity index (χ2v) is 11.0. The summed E-state index contributed by atoms with van der Waals surface area (Å²) in [6, 6.07) is 0. The van der Waals surface area contributed by atoms with Gasteiger partial charge >= 0.3 is 0 Å². The van der Waals surface area contributed by atoms with E-state index in [-0.39, 0.29) is 5.78 Å². The quantitative estimate of drug-likeness (QED) is 0.110. The number of ether oxygens (including phenoxy) is 1. The van der Waals surface area contributed by atoms with Crippen LogP contribution in [0.15, 0.2) is 48.2 Å². The van der Waals surface area contributed by atoms with Gasteiger partial charge in [-0.1, -0.05) is 65.3 Å². The van der Waals surface area contributed by atoms with E-state index in [1.165, 1.54) is 56.6 Å². The van der Waals surface area contributed by atoms with Crippen LogP contribution in [0.4, 0.5) is 0 Å². The molecule has 1 fully saturated rings. The van der Waals surface area contributed by atoms with Gasteiger partial charge in [0, 0.05) is 46.8 Å². The van der Waals surface area contributed by atoms with Crippen molar-refractivity contribution in [3.63, 3.8) is 0 Å². The molecule has 0 bridgehead atoms. The number of allylic oxidation sites excluding steroid dienone is 5. The highest BCUT2D eigenvalue weighted by molar-refractivity contribution is 7.11. The number of aromatic nitrogens is 2. The highest BCUT2D eigenvalue weighted by Crippen LogP contribution is 2.43. The average molecular weight is 568 g/mol. The number of rotatable bonds is 13. The van der Waals surface area contributed by atoms with Gasteiger partial charge in [0.05, 0.1) is 12.3 Å². The number of amides is 1. The highest BCUT2D eigenvalue weighted by Gasteiger charge is 2.34. The largest absolute Gasteiger partial charge is 0.381 e. The minimum absolute atomic E-state index is 0.131. The van der Waals surface area contributed by atoms with Gasteiger partial charge in [-0.3, -0.25) is 9.59 Å². The van der Waals surface area contributed by atoms with E-state index in [9.17, 15) is 9.59 Å². The number of thiazole rings is 1. The maximum atomic E-state index is 11.7. The molecule has 0 spiro atoms. The Morgan fingerprint density at radius 3 is 2.48 bits per heavy atom. The van der Waals surface area contributed by atoms with Crippen molar-refractivity contribution in [3.8, 4) is 11.3 Å². The number of aryl methyl sites for hydroxylation is 1. The number of Topliss-reactive ketones (excluding diaryl/α,β-unsaturated/α-hetero) is 1. The molecule has 0 aliphatic heterocycles. The molecule has 0 aromatic carbocycles. The second kappa shape index (κ2) is 19.1. The number of carbonyl (C=O) groups excluding carboxylic acids is 2. The van der Waals surface area contributed by atoms with E-state index in [1.807, 2.05) is 37.6 Å². The molecule has 2 N–H and O–H groups in total. The lowest BCUT2D eigenvalue weighted by Crippen LogP contribution is -2.33. The van der Waals surface area contributed by atoms with E-state index in [1.54, 1.807) is 12.2 Å². The summed E-state index contributed by atoms with van der Waals surface area (Å²) in [5, 5.41) is 5.21. The SMILES string of the molecule is C=C/C=C\c1c(-c2csc(/C(C)=C/C(=C\NC=O)C(C)=O)n2)c[nH]c1C.CCC.CCCOCC1(CC)CCC1. The molecule has 0 radical (unpaired) electrons. The number of nitrogens with zero attached hydrogens (tertiary/aromatic N) is 1. The lowest BCUT2D eigenvalue weighted by atomic mass is 9.68. The predicted molar refractivity (Wildman–Crippen MR) is 171 cm³/mol. The number of hydrogen-bond donors (Lipinski definition) is 2. The van der Waals surface area contributed by atoms with Crippen LogP contribution in [-0.2, 0) is 14.3 Å². The molecule has 2 aromatic heterocycles. The number of aromatic amines is 1. The maximum absolute atomic E-state index is 11.7. The summed E-state index contributed by atoms with van der Waals surface area (Å²) in [6.45, 7) is 19.7. The van der Waals surface area contributed by atoms with Crippen molar-refractivity contribution in [1.29, 1.82) is 0 Å². The van der Waals surface area contributed by atoms with Gasteiger partial charge in [-0.05, 0) is 63.5 Å². The summed E-state index contributed by atoms with van der Waals surface area (Å²) in [5.41, 5.74) is 5.87. The number of H-pyrrole nitrogens is 1. The predicted octanol–water partition coefficient (Wildman–Crippen LogP) is 8.68. The molecule has 6 nitrogen and oxygen atoms in total. The van der Waals surface area contributed by atoms with E-state index in [0.29, 0.717) is 17.4 Å². The zero-order chi connectivity index (χ0) is 30.0. The molecule has 220 valence electrons. The van der Waals surface area contributed by atoms with Crippen molar-refractivity contribution >= 4 is 35.2 Å². The van der Waals surface area contributed by atoms with E-state index in [4.69, 9.17) is 9.72 Å². The smallest absolute Gasteiger partial charge is 0.211 e. The third-order valence-electron chi connectivity index (χ3n) is 6.65. The number of carbonyl (C=O) groups is 2. The normalized spacial score (nSPS) is 14.4. The summed E-state index contributed by atoms with van der Waals surface area (Å²) in [4.78, 5) is 30.0. The molecule has 3 rings (SSSR count). The Morgan fingerprint density at radius 2 is 1.95 bits per heavy atom. The minimum atomic E-state index is -0.131. The minimum Gasteiger partial charge on any atom is -0.381 e. The van der Waals surface area contributed by atoms with Crippen LogP contribution in [0, 0.1) is 12.3 Å². The van der Waals surface area contributed by atoms with Crippen molar-refractivity contribution < 1.29 is 14.3 Å². The number of ketones is 1. The summed E-state index contributed by atoms with van der Waals surface area (Å²) in [6.07, 6.45) is 19.1. The zero-order valence-corrected chi connectivity index (χ0v) is 26.4. The Labute approximate surface area is 245 Å². The molecule has 7 heteroatoms. The zero-order valence-electron chi connectivity index (χ0n) is 25.6. The first kappa shape index (κ1) is 35.0. The van der Waals surface area contributed by atoms with Gasteiger partial charge in [-0.25, -0.2) is 4.98 Å². The number of hydrogen-bond acceptors (Lipinski definition) is 5. The molecule has 40 heavy (non-hydrogen) atoms. The lowest BCUT2D eigenvalue weighted by molar-refractivity contribution is -0.113. The number of nitrogens with one attached hydrogen (secondary N) is 2. The fraction of sp³-hybridized carbons (Fsp3) is 0.485. The van der Waals surface area contributed by atoms with Crippen LogP contribution in [0.5, 0.6) is 0 Å². The van der Waals surface area contributed by atoms with Crippen molar-refractivity contribution in [2.24, 2.45) is 5.41 Å². The van der Waals surface area contributed by atoms with E-state index >= 15 is 0 Å². The summed E-state index contributed by atoms with van der Waals surface area (Å²) >= 11 is 1.51. The van der Waals surface area contributed by atoms with Crippen LogP contribution in [0.3, 0.4) is 0 Å². The van der Waals surface area contributed by atoms with Crippen molar-refractivity contribution in [1.82, 2.24) is 15.3 Å². The Bertz CT molecular complexity index is 1140. The second-order valence-electron chi connectivity index (χ2n) is 10.1. The maximum Gasteiger partial charge on any atom is 0.211 e. The molecule has 0 unspecified atom stereocenters. The van der Waals surface area contributed by atoms with Gasteiger partial charge in [-0.15, -0.1) is 11.3 Å². The molecule has 2 aromatic rings. The van der Waals surface area contributed by atoms with E-state index in [0.717, 1.165) is 52.7 Å². The summed E-state index contributed by atoms with van der Waals surface area (Å²) in [7, 11) is 0. The molecular formula is C33H49N3O3S. The fourth-order valence-electron chi connectivity index (χ4n) is 4.08. The van der Waals surface area contributed by atoms with Crippen LogP contribution < -0.4 is 5.32 Å². The van der Waals surface area contributed by atoms with Crippen molar-refractivity contribution in [3.05, 3.63) is 64.4 Å². The molecule has 1 amide bonds. The lowest BCUT2D eigenvalue weighted by Gasteiger charge is -2.40. The molecule has 1 saturated carbocycles. The molecule has 1 aliphatic carbocycles. The molecular weight excluding hydrogens is 518 g/mol. The van der Waals surface area contributed by atoms with Crippen LogP contribution in [-0.4, -0.2) is 35.4 Å². The first-order valence-electron chi connectivity index (χ1n) is 14.3. The topological polar surface area (TPSA) is 84.1 Å². The van der Waals surface area contributed by atoms with Gasteiger partial charge in [0.25, 0.3) is 0 Å². The van der Waals surface area contributed by atoms with Gasteiger partial charge in [0.15, 0.2) is 5.78 Å². The third kappa shape index (κ3) is 11.2. The van der Waals surface area contributed by atoms with Crippen molar-refractivity contribution in [2.75, 3.05) is 13.2 Å². The first-order chi connectivity index (χ1) is 19.2. The van der Waals surface area contributed by atoms with Gasteiger partial charge < -0.3 is 15.0 Å². The fourth-order valence-corrected chi connectivity index (χ4v) is 4.88. The standard InChI is InChI=1S/C20H21N3O2S.C10H20O.C3H8/c1-5-6-7-17-14(3)22-10-18(17)19-11-26-20(23-19)13(2)8-16(15(4)25)9-21-12-24;1-3-8-11-9-10(4-2)6-5-7-10;1-3-2/h5-12,22H,1H2,2-4H3,(H,21,24);3-9H2,1-2H3;3H2,1-2H3/b7-6-,13-8+,16-9+;;. The Hall–Kier alpha value is -3.03. The monoisotopic (exact) mass is 567 g/mol. The van der Waals surface area contributed by atoms with Crippen LogP contribution in [0.25, 0.3) is 22.9 Å². The van der Waals surface area contributed by atoms with Crippen LogP contribution in [0.1, 0.15) is 96.3 Å².